The maximum atomic E-state index is 3.56. The first-order valence-corrected chi connectivity index (χ1v) is 6.07. The lowest BCUT2D eigenvalue weighted by Gasteiger charge is -2.17. The van der Waals surface area contributed by atoms with Crippen LogP contribution in [0.15, 0.2) is 0 Å². The summed E-state index contributed by atoms with van der Waals surface area (Å²) < 4.78 is 0. The minimum atomic E-state index is 0.878. The molecule has 3 saturated carbocycles. The summed E-state index contributed by atoms with van der Waals surface area (Å²) in [7, 11) is 2.17. The van der Waals surface area contributed by atoms with Crippen LogP contribution in [0, 0.1) is 23.7 Å². The number of hydrogen-bond acceptors (Lipinski definition) is 1. The number of nitrogens with one attached hydrogen (secondary N) is 1. The summed E-state index contributed by atoms with van der Waals surface area (Å²) in [6.45, 7) is 0. The molecule has 1 heteroatoms. The predicted molar refractivity (Wildman–Crippen MR) is 54.5 cm³/mol. The van der Waals surface area contributed by atoms with Crippen LogP contribution in [-0.2, 0) is 0 Å². The van der Waals surface area contributed by atoms with Crippen molar-refractivity contribution in [3.8, 4) is 0 Å². The van der Waals surface area contributed by atoms with E-state index in [4.69, 9.17) is 0 Å². The normalized spacial score (nSPS) is 44.5. The molecule has 3 atom stereocenters. The summed E-state index contributed by atoms with van der Waals surface area (Å²) in [5, 5.41) is 3.56. The van der Waals surface area contributed by atoms with E-state index in [0.717, 1.165) is 29.7 Å². The second kappa shape index (κ2) is 2.98. The number of rotatable bonds is 4. The second-order valence-electron chi connectivity index (χ2n) is 5.41. The molecule has 3 aliphatic carbocycles. The van der Waals surface area contributed by atoms with E-state index >= 15 is 0 Å². The van der Waals surface area contributed by atoms with E-state index in [9.17, 15) is 0 Å². The lowest BCUT2D eigenvalue weighted by atomic mass is 9.99. The van der Waals surface area contributed by atoms with Crippen LogP contribution in [0.3, 0.4) is 0 Å². The zero-order valence-electron chi connectivity index (χ0n) is 8.63. The van der Waals surface area contributed by atoms with E-state index in [1.165, 1.54) is 38.5 Å². The minimum absolute atomic E-state index is 0.878. The maximum absolute atomic E-state index is 3.56. The third-order valence-corrected chi connectivity index (χ3v) is 4.59. The van der Waals surface area contributed by atoms with E-state index in [0.29, 0.717) is 0 Å². The van der Waals surface area contributed by atoms with Gasteiger partial charge in [0.05, 0.1) is 0 Å². The van der Waals surface area contributed by atoms with Gasteiger partial charge in [0.1, 0.15) is 0 Å². The fraction of sp³-hybridized carbons (Fsp3) is 1.00. The minimum Gasteiger partial charge on any atom is -0.317 e. The average molecular weight is 179 g/mol. The summed E-state index contributed by atoms with van der Waals surface area (Å²) >= 11 is 0. The Bertz CT molecular complexity index is 187. The van der Waals surface area contributed by atoms with Gasteiger partial charge < -0.3 is 5.32 Å². The maximum Gasteiger partial charge on any atom is 0.0100 e. The van der Waals surface area contributed by atoms with E-state index < -0.39 is 0 Å². The van der Waals surface area contributed by atoms with Gasteiger partial charge in [0, 0.05) is 6.04 Å². The molecule has 0 saturated heterocycles. The summed E-state index contributed by atoms with van der Waals surface area (Å²) in [5.74, 6) is 4.45. The average Bonchev–Trinajstić information content (AvgIpc) is 3.03. The van der Waals surface area contributed by atoms with Gasteiger partial charge in [-0.2, -0.15) is 0 Å². The Labute approximate surface area is 81.3 Å². The molecule has 3 aliphatic rings. The predicted octanol–water partition coefficient (Wildman–Crippen LogP) is 2.42. The summed E-state index contributed by atoms with van der Waals surface area (Å²) in [6, 6.07) is 0.878. The van der Waals surface area contributed by atoms with Crippen molar-refractivity contribution in [1.29, 1.82) is 0 Å². The van der Waals surface area contributed by atoms with Crippen LogP contribution >= 0.6 is 0 Å². The molecule has 0 bridgehead atoms. The van der Waals surface area contributed by atoms with Crippen LogP contribution in [-0.4, -0.2) is 13.1 Å². The molecule has 74 valence electrons. The highest BCUT2D eigenvalue weighted by Crippen LogP contribution is 2.60. The van der Waals surface area contributed by atoms with E-state index in [-0.39, 0.29) is 0 Å². The van der Waals surface area contributed by atoms with Crippen molar-refractivity contribution in [3.05, 3.63) is 0 Å². The van der Waals surface area contributed by atoms with Crippen molar-refractivity contribution >= 4 is 0 Å². The van der Waals surface area contributed by atoms with Gasteiger partial charge in [-0.25, -0.2) is 0 Å². The molecule has 3 rings (SSSR count). The largest absolute Gasteiger partial charge is 0.317 e. The van der Waals surface area contributed by atoms with Gasteiger partial charge in [0.15, 0.2) is 0 Å². The summed E-state index contributed by atoms with van der Waals surface area (Å²) in [5.41, 5.74) is 0. The molecule has 13 heavy (non-hydrogen) atoms. The van der Waals surface area contributed by atoms with Gasteiger partial charge in [0.2, 0.25) is 0 Å². The van der Waals surface area contributed by atoms with Gasteiger partial charge in [0.25, 0.3) is 0 Å². The van der Waals surface area contributed by atoms with Crippen molar-refractivity contribution in [1.82, 2.24) is 5.32 Å². The highest BCUT2D eigenvalue weighted by atomic mass is 14.9. The molecular weight excluding hydrogens is 158 g/mol. The molecule has 0 aromatic carbocycles. The Morgan fingerprint density at radius 1 is 1.15 bits per heavy atom. The van der Waals surface area contributed by atoms with Gasteiger partial charge in [-0.05, 0) is 50.0 Å². The first kappa shape index (κ1) is 8.28. The fourth-order valence-electron chi connectivity index (χ4n) is 3.65. The Balaban J connectivity index is 1.56. The molecule has 3 fully saturated rings. The molecule has 3 unspecified atom stereocenters. The molecule has 0 aliphatic heterocycles. The second-order valence-corrected chi connectivity index (χ2v) is 5.41. The van der Waals surface area contributed by atoms with Gasteiger partial charge >= 0.3 is 0 Å². The molecule has 0 aromatic rings. The molecule has 0 aromatic heterocycles. The first-order chi connectivity index (χ1) is 6.40. The lowest BCUT2D eigenvalue weighted by molar-refractivity contribution is 0.392. The zero-order chi connectivity index (χ0) is 8.84. The Morgan fingerprint density at radius 2 is 1.85 bits per heavy atom. The molecule has 1 nitrogen and oxygen atoms in total. The van der Waals surface area contributed by atoms with Crippen molar-refractivity contribution in [3.63, 3.8) is 0 Å². The van der Waals surface area contributed by atoms with Crippen molar-refractivity contribution in [2.24, 2.45) is 23.7 Å². The third kappa shape index (κ3) is 1.41. The van der Waals surface area contributed by atoms with Gasteiger partial charge in [-0.15, -0.1) is 0 Å². The fourth-order valence-corrected chi connectivity index (χ4v) is 3.65. The summed E-state index contributed by atoms with van der Waals surface area (Å²) in [4.78, 5) is 0. The van der Waals surface area contributed by atoms with Gasteiger partial charge in [-0.1, -0.05) is 19.3 Å². The SMILES string of the molecule is CNC(CC1CC1)C1C2CCCC21. The highest BCUT2D eigenvalue weighted by molar-refractivity contribution is 5.06. The molecule has 0 heterocycles. The molecule has 0 radical (unpaired) electrons. The molecule has 0 spiro atoms. The van der Waals surface area contributed by atoms with Crippen LogP contribution in [0.25, 0.3) is 0 Å². The molecule has 0 amide bonds. The van der Waals surface area contributed by atoms with Crippen LogP contribution < -0.4 is 5.32 Å². The number of hydrogen-bond donors (Lipinski definition) is 1. The quantitative estimate of drug-likeness (QED) is 0.699. The van der Waals surface area contributed by atoms with Crippen LogP contribution in [0.5, 0.6) is 0 Å². The van der Waals surface area contributed by atoms with Crippen LogP contribution in [0.4, 0.5) is 0 Å². The zero-order valence-corrected chi connectivity index (χ0v) is 8.63. The van der Waals surface area contributed by atoms with Crippen LogP contribution in [0.1, 0.15) is 38.5 Å². The Kier molecular flexibility index (Phi) is 1.90. The van der Waals surface area contributed by atoms with Crippen molar-refractivity contribution < 1.29 is 0 Å². The van der Waals surface area contributed by atoms with Gasteiger partial charge in [-0.3, -0.25) is 0 Å². The highest BCUT2D eigenvalue weighted by Gasteiger charge is 2.55. The first-order valence-electron chi connectivity index (χ1n) is 6.07. The van der Waals surface area contributed by atoms with E-state index in [1.54, 1.807) is 0 Å². The summed E-state index contributed by atoms with van der Waals surface area (Å²) in [6.07, 6.45) is 9.11. The third-order valence-electron chi connectivity index (χ3n) is 4.59. The standard InChI is InChI=1S/C12H21N/c1-13-11(7-8-5-6-8)12-9-3-2-4-10(9)12/h8-13H,2-7H2,1H3. The Hall–Kier alpha value is -0.0400. The Morgan fingerprint density at radius 3 is 2.38 bits per heavy atom. The smallest absolute Gasteiger partial charge is 0.0100 e. The van der Waals surface area contributed by atoms with E-state index in [1.807, 2.05) is 0 Å². The topological polar surface area (TPSA) is 12.0 Å². The lowest BCUT2D eigenvalue weighted by Crippen LogP contribution is -2.29. The number of fused-ring (bicyclic) bond motifs is 1. The molecule has 1 N–H and O–H groups in total. The van der Waals surface area contributed by atoms with Crippen LogP contribution in [0.2, 0.25) is 0 Å². The molecular formula is C12H21N. The van der Waals surface area contributed by atoms with E-state index in [2.05, 4.69) is 12.4 Å². The monoisotopic (exact) mass is 179 g/mol. The van der Waals surface area contributed by atoms with Crippen molar-refractivity contribution in [2.75, 3.05) is 7.05 Å². The van der Waals surface area contributed by atoms with Crippen molar-refractivity contribution in [2.45, 2.75) is 44.6 Å².